The van der Waals surface area contributed by atoms with Gasteiger partial charge in [0.1, 0.15) is 5.82 Å². The second kappa shape index (κ2) is 3.54. The zero-order valence-electron chi connectivity index (χ0n) is 10.8. The summed E-state index contributed by atoms with van der Waals surface area (Å²) in [5.74, 6) is 0.743. The van der Waals surface area contributed by atoms with Crippen molar-refractivity contribution < 1.29 is 0 Å². The average molecular weight is 207 g/mol. The fourth-order valence-electron chi connectivity index (χ4n) is 1.43. The molecule has 0 radical (unpaired) electrons. The fraction of sp³-hybridized carbons (Fsp3) is 0.750. The van der Waals surface area contributed by atoms with Gasteiger partial charge in [-0.25, -0.2) is 4.98 Å². The van der Waals surface area contributed by atoms with E-state index in [0.717, 1.165) is 17.2 Å². The number of hydrogen-bond acceptors (Lipinski definition) is 3. The van der Waals surface area contributed by atoms with Crippen LogP contribution in [0.5, 0.6) is 0 Å². The predicted octanol–water partition coefficient (Wildman–Crippen LogP) is 2.78. The van der Waals surface area contributed by atoms with Gasteiger partial charge in [-0.3, -0.25) is 0 Å². The Hall–Kier alpha value is -0.990. The Morgan fingerprint density at radius 2 is 1.20 bits per heavy atom. The van der Waals surface area contributed by atoms with Gasteiger partial charge in [0.2, 0.25) is 0 Å². The molecule has 1 aromatic rings. The summed E-state index contributed by atoms with van der Waals surface area (Å²) in [5, 5.41) is 8.36. The molecule has 0 saturated heterocycles. The van der Waals surface area contributed by atoms with Crippen molar-refractivity contribution in [1.82, 2.24) is 15.2 Å². The van der Waals surface area contributed by atoms with Gasteiger partial charge in [0.25, 0.3) is 0 Å². The maximum Gasteiger partial charge on any atom is 0.148 e. The minimum Gasteiger partial charge on any atom is -0.234 e. The van der Waals surface area contributed by atoms with Crippen molar-refractivity contribution in [3.05, 3.63) is 17.2 Å². The number of nitrogens with zero attached hydrogens (tertiary/aromatic N) is 3. The van der Waals surface area contributed by atoms with Gasteiger partial charge in [0, 0.05) is 10.8 Å². The SMILES string of the molecule is Cc1nnc(C(C)(C)C)c(C(C)(C)C)n1. The molecule has 84 valence electrons. The number of rotatable bonds is 0. The highest BCUT2D eigenvalue weighted by Crippen LogP contribution is 2.30. The number of aryl methyl sites for hydroxylation is 1. The fourth-order valence-corrected chi connectivity index (χ4v) is 1.43. The van der Waals surface area contributed by atoms with E-state index in [0.29, 0.717) is 0 Å². The van der Waals surface area contributed by atoms with Crippen molar-refractivity contribution in [1.29, 1.82) is 0 Å². The Morgan fingerprint density at radius 1 is 0.733 bits per heavy atom. The molecule has 0 amide bonds. The van der Waals surface area contributed by atoms with Crippen molar-refractivity contribution in [3.8, 4) is 0 Å². The van der Waals surface area contributed by atoms with Gasteiger partial charge in [-0.2, -0.15) is 5.10 Å². The van der Waals surface area contributed by atoms with E-state index in [9.17, 15) is 0 Å². The van der Waals surface area contributed by atoms with Crippen molar-refractivity contribution in [3.63, 3.8) is 0 Å². The van der Waals surface area contributed by atoms with Gasteiger partial charge in [-0.15, -0.1) is 5.10 Å². The summed E-state index contributed by atoms with van der Waals surface area (Å²) in [6, 6.07) is 0. The summed E-state index contributed by atoms with van der Waals surface area (Å²) < 4.78 is 0. The summed E-state index contributed by atoms with van der Waals surface area (Å²) in [7, 11) is 0. The van der Waals surface area contributed by atoms with E-state index in [-0.39, 0.29) is 10.8 Å². The molecule has 0 saturated carbocycles. The standard InChI is InChI=1S/C12H21N3/c1-8-13-9(11(2,3)4)10(15-14-8)12(5,6)7/h1-7H3. The minimum atomic E-state index is -0.00366. The summed E-state index contributed by atoms with van der Waals surface area (Å²) >= 11 is 0. The van der Waals surface area contributed by atoms with Crippen LogP contribution in [0.4, 0.5) is 0 Å². The van der Waals surface area contributed by atoms with Crippen LogP contribution in [0.2, 0.25) is 0 Å². The van der Waals surface area contributed by atoms with Gasteiger partial charge < -0.3 is 0 Å². The van der Waals surface area contributed by atoms with Crippen LogP contribution < -0.4 is 0 Å². The molecule has 1 aromatic heterocycles. The number of aromatic nitrogens is 3. The first-order chi connectivity index (χ1) is 6.62. The molecule has 0 aliphatic carbocycles. The minimum absolute atomic E-state index is 0.00366. The van der Waals surface area contributed by atoms with Crippen molar-refractivity contribution in [2.24, 2.45) is 0 Å². The molecule has 3 heteroatoms. The molecule has 0 N–H and O–H groups in total. The van der Waals surface area contributed by atoms with Crippen LogP contribution in [0.15, 0.2) is 0 Å². The normalized spacial score (nSPS) is 13.0. The monoisotopic (exact) mass is 207 g/mol. The molecule has 0 spiro atoms. The first-order valence-electron chi connectivity index (χ1n) is 5.34. The first kappa shape index (κ1) is 12.1. The van der Waals surface area contributed by atoms with E-state index in [1.165, 1.54) is 0 Å². The summed E-state index contributed by atoms with van der Waals surface area (Å²) in [6.07, 6.45) is 0. The van der Waals surface area contributed by atoms with Gasteiger partial charge in [-0.1, -0.05) is 41.5 Å². The lowest BCUT2D eigenvalue weighted by molar-refractivity contribution is 0.484. The van der Waals surface area contributed by atoms with Crippen molar-refractivity contribution in [2.75, 3.05) is 0 Å². The van der Waals surface area contributed by atoms with Crippen LogP contribution in [0.25, 0.3) is 0 Å². The predicted molar refractivity (Wildman–Crippen MR) is 62.0 cm³/mol. The summed E-state index contributed by atoms with van der Waals surface area (Å²) in [6.45, 7) is 14.8. The third kappa shape index (κ3) is 2.74. The smallest absolute Gasteiger partial charge is 0.148 e. The second-order valence-corrected chi connectivity index (χ2v) is 6.06. The van der Waals surface area contributed by atoms with E-state index >= 15 is 0 Å². The van der Waals surface area contributed by atoms with E-state index in [1.807, 2.05) is 6.92 Å². The van der Waals surface area contributed by atoms with E-state index < -0.39 is 0 Å². The highest BCUT2D eigenvalue weighted by molar-refractivity contribution is 5.24. The van der Waals surface area contributed by atoms with Gasteiger partial charge in [0.05, 0.1) is 11.4 Å². The third-order valence-electron chi connectivity index (χ3n) is 2.21. The highest BCUT2D eigenvalue weighted by Gasteiger charge is 2.28. The highest BCUT2D eigenvalue weighted by atomic mass is 15.2. The average Bonchev–Trinajstić information content (AvgIpc) is 2.00. The molecule has 0 aliphatic heterocycles. The van der Waals surface area contributed by atoms with Crippen molar-refractivity contribution in [2.45, 2.75) is 59.3 Å². The van der Waals surface area contributed by atoms with Gasteiger partial charge in [0.15, 0.2) is 0 Å². The largest absolute Gasteiger partial charge is 0.234 e. The lowest BCUT2D eigenvalue weighted by atomic mass is 9.82. The van der Waals surface area contributed by atoms with Crippen LogP contribution in [0.1, 0.15) is 58.8 Å². The van der Waals surface area contributed by atoms with Crippen LogP contribution >= 0.6 is 0 Å². The molecule has 1 heterocycles. The molecular weight excluding hydrogens is 186 g/mol. The van der Waals surface area contributed by atoms with E-state index in [1.54, 1.807) is 0 Å². The van der Waals surface area contributed by atoms with Crippen LogP contribution in [0, 0.1) is 6.92 Å². The zero-order valence-corrected chi connectivity index (χ0v) is 10.8. The molecule has 0 bridgehead atoms. The maximum absolute atomic E-state index is 4.54. The molecule has 1 rings (SSSR count). The van der Waals surface area contributed by atoms with Crippen LogP contribution in [-0.2, 0) is 10.8 Å². The summed E-state index contributed by atoms with van der Waals surface area (Å²) in [5.41, 5.74) is 2.07. The molecule has 3 nitrogen and oxygen atoms in total. The van der Waals surface area contributed by atoms with Crippen LogP contribution in [0.3, 0.4) is 0 Å². The Kier molecular flexibility index (Phi) is 2.85. The van der Waals surface area contributed by atoms with Gasteiger partial charge >= 0.3 is 0 Å². The van der Waals surface area contributed by atoms with E-state index in [4.69, 9.17) is 0 Å². The lowest BCUT2D eigenvalue weighted by Crippen LogP contribution is -2.26. The topological polar surface area (TPSA) is 38.7 Å². The van der Waals surface area contributed by atoms with Crippen LogP contribution in [-0.4, -0.2) is 15.2 Å². The quantitative estimate of drug-likeness (QED) is 0.656. The first-order valence-corrected chi connectivity index (χ1v) is 5.34. The van der Waals surface area contributed by atoms with E-state index in [2.05, 4.69) is 56.7 Å². The lowest BCUT2D eigenvalue weighted by Gasteiger charge is -2.26. The maximum atomic E-state index is 4.54. The molecular formula is C12H21N3. The molecule has 0 fully saturated rings. The Balaban J connectivity index is 3.41. The molecule has 0 aliphatic rings. The van der Waals surface area contributed by atoms with Crippen molar-refractivity contribution >= 4 is 0 Å². The Bertz CT molecular complexity index is 356. The Morgan fingerprint density at radius 3 is 1.60 bits per heavy atom. The second-order valence-electron chi connectivity index (χ2n) is 6.06. The third-order valence-corrected chi connectivity index (χ3v) is 2.21. The molecule has 0 aromatic carbocycles. The van der Waals surface area contributed by atoms with Gasteiger partial charge in [-0.05, 0) is 6.92 Å². The summed E-state index contributed by atoms with van der Waals surface area (Å²) in [4.78, 5) is 4.54. The molecule has 0 atom stereocenters. The molecule has 0 unspecified atom stereocenters. The Labute approximate surface area is 92.3 Å². The number of hydrogen-bond donors (Lipinski definition) is 0. The zero-order chi connectivity index (χ0) is 11.9. The molecule has 15 heavy (non-hydrogen) atoms.